The molecule has 36 heavy (non-hydrogen) atoms. The number of aliphatic hydroxyl groups excluding tert-OH is 1. The van der Waals surface area contributed by atoms with Crippen LogP contribution in [0.3, 0.4) is 0 Å². The highest BCUT2D eigenvalue weighted by atomic mass is 19.3. The van der Waals surface area contributed by atoms with Crippen LogP contribution >= 0.6 is 0 Å². The number of benzene rings is 2. The second kappa shape index (κ2) is 10.4. The van der Waals surface area contributed by atoms with Crippen LogP contribution in [-0.4, -0.2) is 62.5 Å². The van der Waals surface area contributed by atoms with Crippen LogP contribution in [0, 0.1) is 13.8 Å². The van der Waals surface area contributed by atoms with Crippen LogP contribution in [0.15, 0.2) is 39.5 Å². The topological polar surface area (TPSA) is 81.4 Å². The first kappa shape index (κ1) is 25.9. The number of fused-ring (bicyclic) bond motifs is 1. The second-order valence-electron chi connectivity index (χ2n) is 9.24. The summed E-state index contributed by atoms with van der Waals surface area (Å²) in [6.07, 6.45) is -1.19. The fourth-order valence-corrected chi connectivity index (χ4v) is 4.56. The zero-order valence-electron chi connectivity index (χ0n) is 20.9. The van der Waals surface area contributed by atoms with Crippen molar-refractivity contribution in [1.82, 2.24) is 4.90 Å². The highest BCUT2D eigenvalue weighted by molar-refractivity contribution is 5.86. The SMILES string of the molecule is COc1cc(OC)c2c(=O)cc(-c3cc(C)c(OC[C@H](O)CN4CCC(F)(F)CC4)c(C)c3)oc2c1. The summed E-state index contributed by atoms with van der Waals surface area (Å²) in [5.41, 5.74) is 2.43. The number of nitrogens with zero attached hydrogens (tertiary/aromatic N) is 1. The number of hydrogen-bond acceptors (Lipinski definition) is 7. The van der Waals surface area contributed by atoms with Crippen LogP contribution in [0.2, 0.25) is 0 Å². The first-order chi connectivity index (χ1) is 17.1. The molecular formula is C27H31F2NO6. The summed E-state index contributed by atoms with van der Waals surface area (Å²) < 4.78 is 49.3. The molecule has 1 saturated heterocycles. The monoisotopic (exact) mass is 503 g/mol. The molecule has 7 nitrogen and oxygen atoms in total. The molecule has 194 valence electrons. The van der Waals surface area contributed by atoms with Crippen LogP contribution in [0.5, 0.6) is 17.2 Å². The zero-order valence-corrected chi connectivity index (χ0v) is 20.9. The van der Waals surface area contributed by atoms with Crippen LogP contribution in [0.4, 0.5) is 8.78 Å². The predicted octanol–water partition coefficient (Wildman–Crippen LogP) is 4.56. The van der Waals surface area contributed by atoms with Gasteiger partial charge in [-0.2, -0.15) is 0 Å². The lowest BCUT2D eigenvalue weighted by molar-refractivity contribution is -0.0628. The number of rotatable bonds is 8. The summed E-state index contributed by atoms with van der Waals surface area (Å²) >= 11 is 0. The van der Waals surface area contributed by atoms with Gasteiger partial charge in [0.25, 0.3) is 5.92 Å². The van der Waals surface area contributed by atoms with Crippen LogP contribution in [0.25, 0.3) is 22.3 Å². The zero-order chi connectivity index (χ0) is 26.0. The van der Waals surface area contributed by atoms with E-state index < -0.39 is 12.0 Å². The van der Waals surface area contributed by atoms with Crippen molar-refractivity contribution in [3.63, 3.8) is 0 Å². The lowest BCUT2D eigenvalue weighted by Gasteiger charge is -2.32. The number of ether oxygens (including phenoxy) is 3. The average Bonchev–Trinajstić information content (AvgIpc) is 2.83. The molecule has 1 aliphatic rings. The van der Waals surface area contributed by atoms with Crippen molar-refractivity contribution < 1.29 is 32.5 Å². The second-order valence-corrected chi connectivity index (χ2v) is 9.24. The summed E-state index contributed by atoms with van der Waals surface area (Å²) in [6, 6.07) is 8.41. The number of hydrogen-bond donors (Lipinski definition) is 1. The number of piperidine rings is 1. The Hall–Kier alpha value is -3.17. The molecule has 1 N–H and O–H groups in total. The van der Waals surface area contributed by atoms with Gasteiger partial charge in [0.2, 0.25) is 0 Å². The average molecular weight is 504 g/mol. The van der Waals surface area contributed by atoms with Crippen molar-refractivity contribution >= 4 is 11.0 Å². The van der Waals surface area contributed by atoms with E-state index >= 15 is 0 Å². The van der Waals surface area contributed by atoms with E-state index in [4.69, 9.17) is 18.6 Å². The third-order valence-corrected chi connectivity index (χ3v) is 6.45. The number of aryl methyl sites for hydroxylation is 2. The molecule has 9 heteroatoms. The van der Waals surface area contributed by atoms with Gasteiger partial charge in [-0.05, 0) is 37.1 Å². The molecule has 0 spiro atoms. The lowest BCUT2D eigenvalue weighted by atomic mass is 10.0. The summed E-state index contributed by atoms with van der Waals surface area (Å²) in [4.78, 5) is 14.7. The number of aliphatic hydroxyl groups is 1. The van der Waals surface area contributed by atoms with E-state index in [1.54, 1.807) is 12.1 Å². The highest BCUT2D eigenvalue weighted by Gasteiger charge is 2.34. The minimum absolute atomic E-state index is 0.0402. The van der Waals surface area contributed by atoms with Crippen LogP contribution < -0.4 is 19.6 Å². The largest absolute Gasteiger partial charge is 0.496 e. The van der Waals surface area contributed by atoms with E-state index in [0.29, 0.717) is 39.5 Å². The molecule has 0 saturated carbocycles. The molecule has 0 amide bonds. The summed E-state index contributed by atoms with van der Waals surface area (Å²) in [5.74, 6) is -0.724. The standard InChI is InChI=1S/C27H31F2NO6/c1-16-9-18(22-13-21(32)25-23(34-4)11-20(33-3)12-24(25)36-22)10-17(2)26(16)35-15-19(31)14-30-7-5-27(28,29)6-8-30/h9-13,19,31H,5-8,14-15H2,1-4H3/t19-/m1/s1. The van der Waals surface area contributed by atoms with Gasteiger partial charge in [0, 0.05) is 56.2 Å². The number of β-amino-alcohol motifs (C(OH)–C–C–N with tert-alkyl or cyclic N) is 1. The maximum atomic E-state index is 13.3. The molecule has 0 aliphatic carbocycles. The van der Waals surface area contributed by atoms with E-state index in [1.807, 2.05) is 30.9 Å². The number of likely N-dealkylation sites (tertiary alicyclic amines) is 1. The Morgan fingerprint density at radius 3 is 2.33 bits per heavy atom. The van der Waals surface area contributed by atoms with Crippen molar-refractivity contribution in [3.8, 4) is 28.6 Å². The van der Waals surface area contributed by atoms with Gasteiger partial charge in [-0.15, -0.1) is 0 Å². The summed E-state index contributed by atoms with van der Waals surface area (Å²) in [6.45, 7) is 4.57. The van der Waals surface area contributed by atoms with Crippen LogP contribution in [-0.2, 0) is 0 Å². The van der Waals surface area contributed by atoms with Crippen molar-refractivity contribution in [1.29, 1.82) is 0 Å². The minimum Gasteiger partial charge on any atom is -0.496 e. The quantitative estimate of drug-likeness (QED) is 0.483. The molecule has 3 aromatic rings. The van der Waals surface area contributed by atoms with Crippen molar-refractivity contribution in [2.75, 3.05) is 40.5 Å². The van der Waals surface area contributed by atoms with Gasteiger partial charge in [-0.3, -0.25) is 4.79 Å². The Morgan fingerprint density at radius 1 is 1.06 bits per heavy atom. The molecule has 1 fully saturated rings. The minimum atomic E-state index is -2.61. The van der Waals surface area contributed by atoms with Gasteiger partial charge in [0.05, 0.1) is 14.2 Å². The fourth-order valence-electron chi connectivity index (χ4n) is 4.56. The molecule has 2 heterocycles. The van der Waals surface area contributed by atoms with Gasteiger partial charge in [-0.1, -0.05) is 0 Å². The first-order valence-corrected chi connectivity index (χ1v) is 11.8. The molecule has 1 atom stereocenters. The van der Waals surface area contributed by atoms with E-state index in [1.165, 1.54) is 20.3 Å². The Morgan fingerprint density at radius 2 is 1.72 bits per heavy atom. The Balaban J connectivity index is 1.51. The van der Waals surface area contributed by atoms with E-state index in [0.717, 1.165) is 11.1 Å². The van der Waals surface area contributed by atoms with Crippen molar-refractivity contribution in [2.45, 2.75) is 38.7 Å². The van der Waals surface area contributed by atoms with Gasteiger partial charge in [0.1, 0.15) is 46.7 Å². The van der Waals surface area contributed by atoms with E-state index in [-0.39, 0.29) is 44.5 Å². The normalized spacial score (nSPS) is 16.6. The Bertz CT molecular complexity index is 1270. The Kier molecular flexibility index (Phi) is 7.51. The number of alkyl halides is 2. The van der Waals surface area contributed by atoms with Crippen LogP contribution in [0.1, 0.15) is 24.0 Å². The maximum absolute atomic E-state index is 13.3. The highest BCUT2D eigenvalue weighted by Crippen LogP contribution is 2.34. The van der Waals surface area contributed by atoms with Crippen molar-refractivity contribution in [3.05, 3.63) is 51.7 Å². The molecule has 1 aliphatic heterocycles. The Labute approximate surface area is 208 Å². The van der Waals surface area contributed by atoms with Crippen molar-refractivity contribution in [2.24, 2.45) is 0 Å². The third-order valence-electron chi connectivity index (χ3n) is 6.45. The first-order valence-electron chi connectivity index (χ1n) is 11.8. The van der Waals surface area contributed by atoms with E-state index in [2.05, 4.69) is 0 Å². The smallest absolute Gasteiger partial charge is 0.250 e. The van der Waals surface area contributed by atoms with Gasteiger partial charge in [0.15, 0.2) is 5.43 Å². The lowest BCUT2D eigenvalue weighted by Crippen LogP contribution is -2.44. The summed E-state index contributed by atoms with van der Waals surface area (Å²) in [5, 5.41) is 10.7. The molecule has 1 aromatic heterocycles. The number of methoxy groups -OCH3 is 2. The number of halogens is 2. The molecule has 4 rings (SSSR count). The predicted molar refractivity (Wildman–Crippen MR) is 133 cm³/mol. The maximum Gasteiger partial charge on any atom is 0.250 e. The van der Waals surface area contributed by atoms with E-state index in [9.17, 15) is 18.7 Å². The van der Waals surface area contributed by atoms with Gasteiger partial charge in [-0.25, -0.2) is 8.78 Å². The molecule has 0 unspecified atom stereocenters. The molecule has 2 aromatic carbocycles. The molecule has 0 bridgehead atoms. The summed E-state index contributed by atoms with van der Waals surface area (Å²) in [7, 11) is 3.00. The molecular weight excluding hydrogens is 472 g/mol. The van der Waals surface area contributed by atoms with Gasteiger partial charge < -0.3 is 28.6 Å². The third kappa shape index (κ3) is 5.63. The fraction of sp³-hybridized carbons (Fsp3) is 0.444. The van der Waals surface area contributed by atoms with Gasteiger partial charge >= 0.3 is 0 Å². The molecule has 0 radical (unpaired) electrons.